The Morgan fingerprint density at radius 2 is 1.66 bits per heavy atom. The second-order valence-electron chi connectivity index (χ2n) is 14.0. The van der Waals surface area contributed by atoms with Gasteiger partial charge < -0.3 is 19.1 Å². The van der Waals surface area contributed by atoms with Crippen LogP contribution in [0.4, 0.5) is 4.79 Å². The minimum atomic E-state index is -0.471. The second kappa shape index (κ2) is 16.4. The minimum absolute atomic E-state index is 0.219. The summed E-state index contributed by atoms with van der Waals surface area (Å²) < 4.78 is 19.5. The fourth-order valence-electron chi connectivity index (χ4n) is 6.43. The fraction of sp³-hybridized carbons (Fsp3) is 0.513. The van der Waals surface area contributed by atoms with Crippen molar-refractivity contribution in [3.8, 4) is 22.6 Å². The van der Waals surface area contributed by atoms with Gasteiger partial charge in [-0.25, -0.2) is 4.79 Å². The topological polar surface area (TPSA) is 54.5 Å². The third kappa shape index (κ3) is 9.97. The van der Waals surface area contributed by atoms with E-state index in [9.17, 15) is 4.79 Å². The first kappa shape index (κ1) is 35.2. The molecule has 3 aromatic carbocycles. The number of likely N-dealkylation sites (tertiary alicyclic amines) is 1. The van der Waals surface area contributed by atoms with Crippen molar-refractivity contribution in [3.63, 3.8) is 0 Å². The molecule has 0 aliphatic carbocycles. The Morgan fingerprint density at radius 3 is 2.38 bits per heavy atom. The first-order chi connectivity index (χ1) is 22.6. The van der Waals surface area contributed by atoms with Crippen molar-refractivity contribution in [1.29, 1.82) is 0 Å². The molecule has 1 atom stereocenters. The van der Waals surface area contributed by atoms with Crippen LogP contribution in [0.25, 0.3) is 11.1 Å². The van der Waals surface area contributed by atoms with Gasteiger partial charge in [-0.05, 0) is 105 Å². The van der Waals surface area contributed by atoms with E-state index in [1.807, 2.05) is 31.7 Å². The van der Waals surface area contributed by atoms with Gasteiger partial charge in [0.15, 0.2) is 0 Å². The smallest absolute Gasteiger partial charge is 0.410 e. The van der Waals surface area contributed by atoms with Gasteiger partial charge in [0.05, 0.1) is 11.1 Å². The van der Waals surface area contributed by atoms with Crippen LogP contribution in [0.3, 0.4) is 0 Å². The van der Waals surface area contributed by atoms with E-state index in [1.54, 1.807) is 0 Å². The summed E-state index contributed by atoms with van der Waals surface area (Å²) in [5.41, 5.74) is 5.55. The van der Waals surface area contributed by atoms with Crippen LogP contribution in [0.2, 0.25) is 0 Å². The second-order valence-corrected chi connectivity index (χ2v) is 14.8. The molecule has 2 aliphatic heterocycles. The molecule has 0 N–H and O–H groups in total. The van der Waals surface area contributed by atoms with E-state index in [4.69, 9.17) is 14.2 Å². The maximum atomic E-state index is 12.4. The number of piperazine rings is 1. The summed E-state index contributed by atoms with van der Waals surface area (Å²) in [6.45, 7) is 17.3. The summed E-state index contributed by atoms with van der Waals surface area (Å²) in [6.07, 6.45) is 4.47. The van der Waals surface area contributed by atoms with Crippen LogP contribution in [-0.4, -0.2) is 78.3 Å². The number of nitrogens with zero attached hydrogens (tertiary/aromatic N) is 3. The molecule has 0 unspecified atom stereocenters. The van der Waals surface area contributed by atoms with Crippen molar-refractivity contribution in [2.75, 3.05) is 45.9 Å². The van der Waals surface area contributed by atoms with E-state index < -0.39 is 5.60 Å². The molecule has 1 amide bonds. The fourth-order valence-corrected chi connectivity index (χ4v) is 6.94. The number of ether oxygens (including phenoxy) is 3. The highest BCUT2D eigenvalue weighted by atomic mass is 79.9. The van der Waals surface area contributed by atoms with Gasteiger partial charge in [0.1, 0.15) is 23.7 Å². The van der Waals surface area contributed by atoms with Crippen LogP contribution < -0.4 is 9.47 Å². The van der Waals surface area contributed by atoms with Crippen molar-refractivity contribution >= 4 is 22.0 Å². The van der Waals surface area contributed by atoms with Crippen LogP contribution in [0.5, 0.6) is 11.5 Å². The highest BCUT2D eigenvalue weighted by Crippen LogP contribution is 2.36. The molecular weight excluding hydrogens is 654 g/mol. The molecule has 2 heterocycles. The highest BCUT2D eigenvalue weighted by molar-refractivity contribution is 9.10. The number of hydrogen-bond acceptors (Lipinski definition) is 6. The standard InChI is InChI=1S/C39H52BrN3O4/c1-29-13-9-10-19-43(29)27-33-25-35(40)37(46-28-32-16-11-17-34(30(32)2)31-14-7-6-8-15-31)26-36(33)45-24-12-18-41-20-22-42(23-21-41)38(44)47-39(3,4)5/h6-8,11,14-17,25-26,29H,9-10,12-13,18-24,27-28H2,1-5H3/t29-/m1/s1. The predicted molar refractivity (Wildman–Crippen MR) is 193 cm³/mol. The van der Waals surface area contributed by atoms with Crippen LogP contribution in [0.1, 0.15) is 70.1 Å². The van der Waals surface area contributed by atoms with E-state index in [1.165, 1.54) is 47.1 Å². The Kier molecular flexibility index (Phi) is 12.3. The molecule has 8 heteroatoms. The molecule has 0 saturated carbocycles. The molecule has 2 aliphatic rings. The van der Waals surface area contributed by atoms with Crippen LogP contribution in [0, 0.1) is 6.92 Å². The number of halogens is 1. The Bertz CT molecular complexity index is 1470. The Labute approximate surface area is 290 Å². The summed E-state index contributed by atoms with van der Waals surface area (Å²) in [5, 5.41) is 0. The predicted octanol–water partition coefficient (Wildman–Crippen LogP) is 8.70. The number of carbonyl (C=O) groups excluding carboxylic acids is 1. The van der Waals surface area contributed by atoms with E-state index in [0.717, 1.165) is 55.1 Å². The average Bonchev–Trinajstić information content (AvgIpc) is 3.05. The van der Waals surface area contributed by atoms with Gasteiger partial charge >= 0.3 is 6.09 Å². The molecule has 0 bridgehead atoms. The third-order valence-electron chi connectivity index (χ3n) is 9.24. The number of carbonyl (C=O) groups is 1. The summed E-state index contributed by atoms with van der Waals surface area (Å²) >= 11 is 3.83. The van der Waals surface area contributed by atoms with Crippen LogP contribution in [0.15, 0.2) is 65.1 Å². The highest BCUT2D eigenvalue weighted by Gasteiger charge is 2.26. The van der Waals surface area contributed by atoms with Gasteiger partial charge in [-0.3, -0.25) is 9.80 Å². The Morgan fingerprint density at radius 1 is 0.894 bits per heavy atom. The molecule has 47 heavy (non-hydrogen) atoms. The minimum Gasteiger partial charge on any atom is -0.493 e. The zero-order valence-electron chi connectivity index (χ0n) is 28.9. The van der Waals surface area contributed by atoms with Crippen molar-refractivity contribution in [2.45, 2.75) is 85.1 Å². The van der Waals surface area contributed by atoms with Crippen molar-refractivity contribution < 1.29 is 19.0 Å². The molecular formula is C39H52BrN3O4. The van der Waals surface area contributed by atoms with Crippen molar-refractivity contribution in [3.05, 3.63) is 81.8 Å². The lowest BCUT2D eigenvalue weighted by Gasteiger charge is -2.35. The quantitative estimate of drug-likeness (QED) is 0.186. The molecule has 2 saturated heterocycles. The molecule has 0 aromatic heterocycles. The monoisotopic (exact) mass is 705 g/mol. The van der Waals surface area contributed by atoms with Gasteiger partial charge in [0.25, 0.3) is 0 Å². The van der Waals surface area contributed by atoms with E-state index in [0.29, 0.717) is 32.3 Å². The van der Waals surface area contributed by atoms with Crippen molar-refractivity contribution in [1.82, 2.24) is 14.7 Å². The zero-order chi connectivity index (χ0) is 33.4. The number of hydrogen-bond donors (Lipinski definition) is 0. The van der Waals surface area contributed by atoms with Gasteiger partial charge in [-0.2, -0.15) is 0 Å². The summed E-state index contributed by atoms with van der Waals surface area (Å²) in [6, 6.07) is 21.8. The normalized spacial score (nSPS) is 17.8. The molecule has 7 nitrogen and oxygen atoms in total. The molecule has 254 valence electrons. The van der Waals surface area contributed by atoms with E-state index in [2.05, 4.69) is 94.2 Å². The third-order valence-corrected chi connectivity index (χ3v) is 9.86. The maximum Gasteiger partial charge on any atom is 0.410 e. The van der Waals surface area contributed by atoms with E-state index in [-0.39, 0.29) is 6.09 Å². The van der Waals surface area contributed by atoms with Gasteiger partial charge in [-0.1, -0.05) is 55.0 Å². The number of benzene rings is 3. The maximum absolute atomic E-state index is 12.4. The first-order valence-electron chi connectivity index (χ1n) is 17.2. The number of piperidine rings is 1. The molecule has 5 rings (SSSR count). The zero-order valence-corrected chi connectivity index (χ0v) is 30.5. The van der Waals surface area contributed by atoms with Gasteiger partial charge in [0.2, 0.25) is 0 Å². The van der Waals surface area contributed by atoms with E-state index >= 15 is 0 Å². The lowest BCUT2D eigenvalue weighted by Crippen LogP contribution is -2.50. The largest absolute Gasteiger partial charge is 0.493 e. The SMILES string of the molecule is Cc1c(COc2cc(OCCCN3CCN(C(=O)OC(C)(C)C)CC3)c(CN3CCCC[C@H]3C)cc2Br)cccc1-c1ccccc1. The number of amides is 1. The summed E-state index contributed by atoms with van der Waals surface area (Å²) in [7, 11) is 0. The molecule has 2 fully saturated rings. The molecule has 0 spiro atoms. The van der Waals surface area contributed by atoms with Gasteiger partial charge in [0, 0.05) is 56.9 Å². The van der Waals surface area contributed by atoms with Crippen molar-refractivity contribution in [2.24, 2.45) is 0 Å². The average molecular weight is 707 g/mol. The van der Waals surface area contributed by atoms with Crippen LogP contribution >= 0.6 is 15.9 Å². The lowest BCUT2D eigenvalue weighted by atomic mass is 9.97. The van der Waals surface area contributed by atoms with Gasteiger partial charge in [-0.15, -0.1) is 0 Å². The van der Waals surface area contributed by atoms with Crippen LogP contribution in [-0.2, 0) is 17.9 Å². The summed E-state index contributed by atoms with van der Waals surface area (Å²) in [5.74, 6) is 1.68. The molecule has 3 aromatic rings. The molecule has 0 radical (unpaired) electrons. The number of rotatable bonds is 11. The Balaban J connectivity index is 1.22. The Hall–Kier alpha value is -3.07. The lowest BCUT2D eigenvalue weighted by molar-refractivity contribution is 0.0142. The summed E-state index contributed by atoms with van der Waals surface area (Å²) in [4.78, 5) is 19.2. The first-order valence-corrected chi connectivity index (χ1v) is 18.0.